The van der Waals surface area contributed by atoms with E-state index in [1.807, 2.05) is 59.5 Å². The summed E-state index contributed by atoms with van der Waals surface area (Å²) in [6, 6.07) is 22.1. The van der Waals surface area contributed by atoms with Crippen LogP contribution in [0.1, 0.15) is 125 Å². The van der Waals surface area contributed by atoms with E-state index in [9.17, 15) is 9.90 Å². The van der Waals surface area contributed by atoms with E-state index in [0.717, 1.165) is 44.2 Å². The molecule has 0 saturated carbocycles. The number of carbonyl (C=O) groups is 1. The summed E-state index contributed by atoms with van der Waals surface area (Å²) >= 11 is 1.93. The number of hydrogen-bond acceptors (Lipinski definition) is 4. The average molecular weight is 921 g/mol. The molecule has 291 valence electrons. The van der Waals surface area contributed by atoms with Crippen molar-refractivity contribution in [3.05, 3.63) is 89.3 Å². The first kappa shape index (κ1) is 43.7. The van der Waals surface area contributed by atoms with Crippen LogP contribution in [0.5, 0.6) is 0 Å². The number of carbonyl (C=O) groups excluding carboxylic acids is 1. The second-order valence-electron chi connectivity index (χ2n) is 18.3. The number of aromatic nitrogens is 1. The van der Waals surface area contributed by atoms with E-state index >= 15 is 0 Å². The third-order valence-corrected chi connectivity index (χ3v) is 12.9. The predicted octanol–water partition coefficient (Wildman–Crippen LogP) is 14.6. The fourth-order valence-electron chi connectivity index (χ4n) is 7.42. The van der Waals surface area contributed by atoms with Crippen LogP contribution in [0.25, 0.3) is 43.6 Å². The molecule has 2 heterocycles. The van der Waals surface area contributed by atoms with Crippen molar-refractivity contribution >= 4 is 49.9 Å². The van der Waals surface area contributed by atoms with E-state index in [-0.39, 0.29) is 53.3 Å². The van der Waals surface area contributed by atoms with Gasteiger partial charge in [-0.05, 0) is 100 Å². The standard InChI is InChI=1S/C34H34NS.C15H28O2.Ir/c1-20-11-12-23-22(15-20)16-27-31-30-25(13-14-35-31)24-10-8-9-21(18-33(2,3)4)26(24)17-29(30)36-32(27)28(23)19-34(5,6)7;1-7-14(5,8-2)12(16)11-13(17)15(6,9-3)10-4;/h8-15,17H,18-19H2,1-7H3;11,16H,7-10H2,1-6H3;/q-1;;/b;12-11-;. The summed E-state index contributed by atoms with van der Waals surface area (Å²) in [5.74, 6) is 0.286. The van der Waals surface area contributed by atoms with Crippen molar-refractivity contribution in [3.63, 3.8) is 0 Å². The van der Waals surface area contributed by atoms with E-state index in [1.54, 1.807) is 0 Å². The molecule has 0 fully saturated rings. The predicted molar refractivity (Wildman–Crippen MR) is 229 cm³/mol. The van der Waals surface area contributed by atoms with Gasteiger partial charge in [-0.25, -0.2) is 0 Å². The third kappa shape index (κ3) is 9.01. The van der Waals surface area contributed by atoms with Crippen LogP contribution in [-0.2, 0) is 37.7 Å². The molecule has 1 aromatic heterocycles. The maximum atomic E-state index is 12.2. The molecule has 0 bridgehead atoms. The molecule has 0 unspecified atom stereocenters. The van der Waals surface area contributed by atoms with Gasteiger partial charge < -0.3 is 5.11 Å². The summed E-state index contributed by atoms with van der Waals surface area (Å²) in [5.41, 5.74) is 6.19. The zero-order valence-corrected chi connectivity index (χ0v) is 38.3. The van der Waals surface area contributed by atoms with Crippen molar-refractivity contribution in [3.8, 4) is 11.3 Å². The number of pyridine rings is 1. The molecule has 0 aliphatic carbocycles. The van der Waals surface area contributed by atoms with Gasteiger partial charge >= 0.3 is 0 Å². The Kier molecular flexibility index (Phi) is 13.5. The Morgan fingerprint density at radius 1 is 0.778 bits per heavy atom. The van der Waals surface area contributed by atoms with Gasteiger partial charge in [0.25, 0.3) is 0 Å². The van der Waals surface area contributed by atoms with E-state index < -0.39 is 0 Å². The van der Waals surface area contributed by atoms with Crippen LogP contribution < -0.4 is 0 Å². The van der Waals surface area contributed by atoms with Crippen molar-refractivity contribution < 1.29 is 30.0 Å². The Morgan fingerprint density at radius 3 is 2.00 bits per heavy atom. The smallest absolute Gasteiger partial charge is 0.164 e. The number of hydrogen-bond donors (Lipinski definition) is 1. The van der Waals surface area contributed by atoms with Gasteiger partial charge in [0.15, 0.2) is 5.78 Å². The zero-order valence-electron chi connectivity index (χ0n) is 35.1. The van der Waals surface area contributed by atoms with Gasteiger partial charge in [-0.1, -0.05) is 135 Å². The molecular weight excluding hydrogens is 859 g/mol. The second kappa shape index (κ2) is 16.6. The Balaban J connectivity index is 0.000000309. The molecule has 0 atom stereocenters. The van der Waals surface area contributed by atoms with Crippen LogP contribution >= 0.6 is 11.8 Å². The molecule has 3 nitrogen and oxygen atoms in total. The normalized spacial score (nSPS) is 13.4. The number of allylic oxidation sites excluding steroid dienone is 2. The van der Waals surface area contributed by atoms with Gasteiger partial charge in [0, 0.05) is 53.8 Å². The van der Waals surface area contributed by atoms with Crippen molar-refractivity contribution in [2.75, 3.05) is 0 Å². The summed E-state index contributed by atoms with van der Waals surface area (Å²) < 4.78 is 0. The molecule has 0 saturated heterocycles. The molecule has 1 N–H and O–H groups in total. The zero-order chi connectivity index (χ0) is 39.1. The molecule has 1 aliphatic rings. The number of aliphatic hydroxyl groups is 1. The van der Waals surface area contributed by atoms with Gasteiger partial charge in [-0.15, -0.1) is 29.3 Å². The van der Waals surface area contributed by atoms with Crippen LogP contribution in [0.4, 0.5) is 0 Å². The van der Waals surface area contributed by atoms with Crippen molar-refractivity contribution in [2.24, 2.45) is 21.7 Å². The quantitative estimate of drug-likeness (QED) is 0.0679. The monoisotopic (exact) mass is 921 g/mol. The largest absolute Gasteiger partial charge is 0.512 e. The Hall–Kier alpha value is -2.98. The number of fused-ring (bicyclic) bond motifs is 5. The van der Waals surface area contributed by atoms with E-state index in [1.165, 1.54) is 70.4 Å². The molecule has 5 heteroatoms. The fraction of sp³-hybridized carbons (Fsp3) is 0.469. The van der Waals surface area contributed by atoms with Gasteiger partial charge in [-0.2, -0.15) is 0 Å². The average Bonchev–Trinajstić information content (AvgIpc) is 3.10. The van der Waals surface area contributed by atoms with Crippen LogP contribution in [0, 0.1) is 34.7 Å². The van der Waals surface area contributed by atoms with Gasteiger partial charge in [0.05, 0.1) is 0 Å². The number of aliphatic hydroxyl groups excluding tert-OH is 1. The molecular formula is C49H62IrNO2S-. The maximum Gasteiger partial charge on any atom is 0.164 e. The SMILES string of the molecule is CCC(C)(CC)C(=O)/C=C(\O)C(C)(CC)CC.Cc1ccc2c(CC(C)(C)C)c3c([c-]c2c1)-c1nccc2c1c(cc1c(CC(C)(C)C)cccc12)S3.[Ir]. The number of rotatable bonds is 9. The molecule has 5 aromatic rings. The number of ketones is 1. The first-order chi connectivity index (χ1) is 24.8. The molecule has 0 spiro atoms. The Labute approximate surface area is 343 Å². The third-order valence-electron chi connectivity index (χ3n) is 11.7. The minimum atomic E-state index is -0.337. The Bertz CT molecular complexity index is 2190. The second-order valence-corrected chi connectivity index (χ2v) is 19.4. The molecule has 4 aromatic carbocycles. The fourth-order valence-corrected chi connectivity index (χ4v) is 8.68. The summed E-state index contributed by atoms with van der Waals surface area (Å²) in [4.78, 5) is 19.8. The Morgan fingerprint density at radius 2 is 1.41 bits per heavy atom. The molecule has 6 rings (SSSR count). The van der Waals surface area contributed by atoms with Gasteiger partial charge in [0.1, 0.15) is 5.76 Å². The summed E-state index contributed by atoms with van der Waals surface area (Å²) in [6.45, 7) is 28.2. The summed E-state index contributed by atoms with van der Waals surface area (Å²) in [6.07, 6.45) is 8.82. The molecule has 54 heavy (non-hydrogen) atoms. The van der Waals surface area contributed by atoms with E-state index in [4.69, 9.17) is 4.98 Å². The molecule has 1 aliphatic heterocycles. The summed E-state index contributed by atoms with van der Waals surface area (Å²) in [5, 5.41) is 17.9. The number of nitrogens with zero attached hydrogens (tertiary/aromatic N) is 1. The number of aryl methyl sites for hydroxylation is 1. The van der Waals surface area contributed by atoms with Crippen molar-refractivity contribution in [1.29, 1.82) is 0 Å². The van der Waals surface area contributed by atoms with E-state index in [2.05, 4.69) is 103 Å². The molecule has 0 amide bonds. The minimum Gasteiger partial charge on any atom is -0.512 e. The minimum absolute atomic E-state index is 0. The first-order valence-corrected chi connectivity index (χ1v) is 20.5. The van der Waals surface area contributed by atoms with Crippen molar-refractivity contribution in [2.45, 2.75) is 138 Å². The van der Waals surface area contributed by atoms with Gasteiger partial charge in [-0.3, -0.25) is 9.78 Å². The van der Waals surface area contributed by atoms with Crippen LogP contribution in [0.3, 0.4) is 0 Å². The first-order valence-electron chi connectivity index (χ1n) is 19.7. The topological polar surface area (TPSA) is 50.2 Å². The summed E-state index contributed by atoms with van der Waals surface area (Å²) in [7, 11) is 0. The maximum absolute atomic E-state index is 12.2. The van der Waals surface area contributed by atoms with E-state index in [0.29, 0.717) is 0 Å². The van der Waals surface area contributed by atoms with Crippen LogP contribution in [-0.4, -0.2) is 15.9 Å². The van der Waals surface area contributed by atoms with Gasteiger partial charge in [0.2, 0.25) is 0 Å². The molecule has 1 radical (unpaired) electrons. The van der Waals surface area contributed by atoms with Crippen molar-refractivity contribution in [1.82, 2.24) is 4.98 Å². The number of benzene rings is 4. The van der Waals surface area contributed by atoms with Crippen LogP contribution in [0.15, 0.2) is 76.4 Å². The van der Waals surface area contributed by atoms with Crippen LogP contribution in [0.2, 0.25) is 0 Å².